The van der Waals surface area contributed by atoms with Gasteiger partial charge in [0.25, 0.3) is 5.91 Å². The van der Waals surface area contributed by atoms with Crippen LogP contribution in [0.3, 0.4) is 0 Å². The maximum atomic E-state index is 12.1. The van der Waals surface area contributed by atoms with E-state index in [1.165, 1.54) is 19.2 Å². The molecule has 0 spiro atoms. The molecule has 0 bridgehead atoms. The number of hydrogen-bond donors (Lipinski definition) is 1. The van der Waals surface area contributed by atoms with Gasteiger partial charge in [-0.3, -0.25) is 4.79 Å². The Hall–Kier alpha value is -2.07. The van der Waals surface area contributed by atoms with Crippen molar-refractivity contribution in [3.8, 4) is 5.88 Å². The molecule has 0 aliphatic rings. The van der Waals surface area contributed by atoms with Crippen LogP contribution in [0.25, 0.3) is 0 Å². The number of nitrogens with zero attached hydrogens (tertiary/aromatic N) is 1. The number of rotatable bonds is 3. The van der Waals surface area contributed by atoms with Crippen LogP contribution in [0.15, 0.2) is 36.4 Å². The van der Waals surface area contributed by atoms with Crippen LogP contribution < -0.4 is 10.1 Å². The first-order chi connectivity index (χ1) is 9.08. The second-order valence-electron chi connectivity index (χ2n) is 4.04. The topological polar surface area (TPSA) is 51.2 Å². The number of benzene rings is 1. The molecule has 0 saturated carbocycles. The summed E-state index contributed by atoms with van der Waals surface area (Å²) in [4.78, 5) is 16.0. The fourth-order valence-electron chi connectivity index (χ4n) is 1.63. The minimum atomic E-state index is -0.256. The third-order valence-electron chi connectivity index (χ3n) is 2.52. The zero-order valence-electron chi connectivity index (χ0n) is 10.6. The lowest BCUT2D eigenvalue weighted by Crippen LogP contribution is -2.12. The summed E-state index contributed by atoms with van der Waals surface area (Å²) in [5.74, 6) is 0.0510. The monoisotopic (exact) mass is 276 g/mol. The number of amides is 1. The molecule has 4 nitrogen and oxygen atoms in total. The van der Waals surface area contributed by atoms with Gasteiger partial charge in [-0.15, -0.1) is 0 Å². The lowest BCUT2D eigenvalue weighted by Gasteiger charge is -2.07. The molecule has 1 aromatic heterocycles. The molecular formula is C14H13ClN2O2. The van der Waals surface area contributed by atoms with E-state index in [4.69, 9.17) is 16.3 Å². The van der Waals surface area contributed by atoms with E-state index in [0.29, 0.717) is 11.4 Å². The van der Waals surface area contributed by atoms with E-state index >= 15 is 0 Å². The highest BCUT2D eigenvalue weighted by Gasteiger charge is 2.10. The fraction of sp³-hybridized carbons (Fsp3) is 0.143. The zero-order valence-corrected chi connectivity index (χ0v) is 11.4. The Morgan fingerprint density at radius 2 is 2.11 bits per heavy atom. The summed E-state index contributed by atoms with van der Waals surface area (Å²) in [6.45, 7) is 1.96. The molecule has 1 heterocycles. The van der Waals surface area contributed by atoms with E-state index in [-0.39, 0.29) is 11.1 Å². The van der Waals surface area contributed by atoms with Crippen molar-refractivity contribution in [2.75, 3.05) is 12.4 Å². The lowest BCUT2D eigenvalue weighted by molar-refractivity contribution is 0.102. The summed E-state index contributed by atoms with van der Waals surface area (Å²) < 4.78 is 4.98. The number of aromatic nitrogens is 1. The van der Waals surface area contributed by atoms with Gasteiger partial charge in [0.05, 0.1) is 7.11 Å². The van der Waals surface area contributed by atoms with Crippen LogP contribution in [0.2, 0.25) is 5.15 Å². The van der Waals surface area contributed by atoms with E-state index in [1.54, 1.807) is 0 Å². The molecule has 0 atom stereocenters. The van der Waals surface area contributed by atoms with Gasteiger partial charge in [-0.05, 0) is 30.7 Å². The van der Waals surface area contributed by atoms with E-state index in [2.05, 4.69) is 10.3 Å². The number of carbonyl (C=O) groups is 1. The second kappa shape index (κ2) is 5.71. The van der Waals surface area contributed by atoms with Gasteiger partial charge >= 0.3 is 0 Å². The van der Waals surface area contributed by atoms with Crippen LogP contribution in [-0.4, -0.2) is 18.0 Å². The molecule has 0 radical (unpaired) electrons. The standard InChI is InChI=1S/C14H13ClN2O2/c1-9-4-3-5-11(6-9)16-14(18)10-7-12(15)17-13(8-10)19-2/h3-8H,1-2H3,(H,16,18). The van der Waals surface area contributed by atoms with Gasteiger partial charge in [0, 0.05) is 17.3 Å². The Morgan fingerprint density at radius 1 is 1.32 bits per heavy atom. The Labute approximate surface area is 116 Å². The predicted octanol–water partition coefficient (Wildman–Crippen LogP) is 3.30. The van der Waals surface area contributed by atoms with Crippen LogP contribution in [0.5, 0.6) is 5.88 Å². The van der Waals surface area contributed by atoms with Crippen molar-refractivity contribution < 1.29 is 9.53 Å². The largest absolute Gasteiger partial charge is 0.481 e. The first-order valence-electron chi connectivity index (χ1n) is 5.68. The van der Waals surface area contributed by atoms with Gasteiger partial charge in [0.1, 0.15) is 5.15 Å². The minimum Gasteiger partial charge on any atom is -0.481 e. The summed E-state index contributed by atoms with van der Waals surface area (Å²) in [5.41, 5.74) is 2.21. The van der Waals surface area contributed by atoms with Crippen LogP contribution in [0.4, 0.5) is 5.69 Å². The molecule has 2 aromatic rings. The Morgan fingerprint density at radius 3 is 2.79 bits per heavy atom. The number of aryl methyl sites for hydroxylation is 1. The van der Waals surface area contributed by atoms with Crippen molar-refractivity contribution in [1.29, 1.82) is 0 Å². The number of pyridine rings is 1. The lowest BCUT2D eigenvalue weighted by atomic mass is 10.2. The number of ether oxygens (including phenoxy) is 1. The molecular weight excluding hydrogens is 264 g/mol. The summed E-state index contributed by atoms with van der Waals surface area (Å²) >= 11 is 5.83. The SMILES string of the molecule is COc1cc(C(=O)Nc2cccc(C)c2)cc(Cl)n1. The molecule has 1 amide bonds. The van der Waals surface area contributed by atoms with Gasteiger partial charge in [-0.25, -0.2) is 4.98 Å². The van der Waals surface area contributed by atoms with E-state index in [9.17, 15) is 4.79 Å². The third-order valence-corrected chi connectivity index (χ3v) is 2.71. The van der Waals surface area contributed by atoms with Crippen LogP contribution in [-0.2, 0) is 0 Å². The first kappa shape index (κ1) is 13.4. The molecule has 5 heteroatoms. The number of hydrogen-bond acceptors (Lipinski definition) is 3. The molecule has 2 rings (SSSR count). The highest BCUT2D eigenvalue weighted by atomic mass is 35.5. The average Bonchev–Trinajstić information content (AvgIpc) is 2.38. The predicted molar refractivity (Wildman–Crippen MR) is 74.9 cm³/mol. The molecule has 1 aromatic carbocycles. The van der Waals surface area contributed by atoms with Crippen molar-refractivity contribution in [3.63, 3.8) is 0 Å². The summed E-state index contributed by atoms with van der Waals surface area (Å²) in [5, 5.41) is 3.01. The normalized spacial score (nSPS) is 10.1. The summed E-state index contributed by atoms with van der Waals surface area (Å²) in [6.07, 6.45) is 0. The molecule has 98 valence electrons. The second-order valence-corrected chi connectivity index (χ2v) is 4.43. The van der Waals surface area contributed by atoms with Gasteiger partial charge in [0.15, 0.2) is 0 Å². The maximum absolute atomic E-state index is 12.1. The summed E-state index contributed by atoms with van der Waals surface area (Å²) in [7, 11) is 1.47. The van der Waals surface area contributed by atoms with Crippen molar-refractivity contribution in [2.45, 2.75) is 6.92 Å². The average molecular weight is 277 g/mol. The minimum absolute atomic E-state index is 0.216. The molecule has 1 N–H and O–H groups in total. The van der Waals surface area contributed by atoms with Crippen molar-refractivity contribution in [3.05, 3.63) is 52.7 Å². The van der Waals surface area contributed by atoms with E-state index in [1.807, 2.05) is 31.2 Å². The quantitative estimate of drug-likeness (QED) is 0.875. The van der Waals surface area contributed by atoms with Crippen LogP contribution >= 0.6 is 11.6 Å². The Balaban J connectivity index is 2.22. The Kier molecular flexibility index (Phi) is 4.02. The molecule has 0 saturated heterocycles. The third kappa shape index (κ3) is 3.45. The number of halogens is 1. The smallest absolute Gasteiger partial charge is 0.255 e. The van der Waals surface area contributed by atoms with Crippen molar-refractivity contribution >= 4 is 23.2 Å². The Bertz CT molecular complexity index is 614. The number of carbonyl (C=O) groups excluding carboxylic acids is 1. The maximum Gasteiger partial charge on any atom is 0.255 e. The van der Waals surface area contributed by atoms with E-state index in [0.717, 1.165) is 11.3 Å². The van der Waals surface area contributed by atoms with Gasteiger partial charge < -0.3 is 10.1 Å². The van der Waals surface area contributed by atoms with Crippen molar-refractivity contribution in [1.82, 2.24) is 4.98 Å². The highest BCUT2D eigenvalue weighted by molar-refractivity contribution is 6.30. The van der Waals surface area contributed by atoms with Crippen molar-refractivity contribution in [2.24, 2.45) is 0 Å². The fourth-order valence-corrected chi connectivity index (χ4v) is 1.84. The summed E-state index contributed by atoms with van der Waals surface area (Å²) in [6, 6.07) is 10.6. The zero-order chi connectivity index (χ0) is 13.8. The van der Waals surface area contributed by atoms with Crippen LogP contribution in [0, 0.1) is 6.92 Å². The van der Waals surface area contributed by atoms with Gasteiger partial charge in [-0.2, -0.15) is 0 Å². The molecule has 19 heavy (non-hydrogen) atoms. The van der Waals surface area contributed by atoms with Gasteiger partial charge in [-0.1, -0.05) is 23.7 Å². The molecule has 0 aliphatic heterocycles. The number of nitrogens with one attached hydrogen (secondary N) is 1. The first-order valence-corrected chi connectivity index (χ1v) is 6.06. The van der Waals surface area contributed by atoms with Gasteiger partial charge in [0.2, 0.25) is 5.88 Å². The molecule has 0 aliphatic carbocycles. The molecule has 0 unspecified atom stereocenters. The number of anilines is 1. The molecule has 0 fully saturated rings. The number of methoxy groups -OCH3 is 1. The van der Waals surface area contributed by atoms with Crippen LogP contribution in [0.1, 0.15) is 15.9 Å². The van der Waals surface area contributed by atoms with E-state index < -0.39 is 0 Å². The highest BCUT2D eigenvalue weighted by Crippen LogP contribution is 2.18.